The van der Waals surface area contributed by atoms with Crippen LogP contribution in [0.3, 0.4) is 0 Å². The first kappa shape index (κ1) is 104. The SMILES string of the molecule is COCCOCCOCCOC(=O)c1cc2cc(c1)NC(=O)CNC(=O)c1cc(ccc1OCCOCCOCCOC)NC(=O)CCCSSCCNC(=O)c1cc(ccc1OCCOCCOCCOC)NC(=O)CNC(=O)c1cc(c(OCCOCCOCCOC)cc1OCCOCCOCCOC)C(=O)NCCSSCCCC(=O)N2. The number of carbonyl (C=O) groups excluding carboxylic acids is 9. The molecule has 8 bridgehead atoms. The lowest BCUT2D eigenvalue weighted by Gasteiger charge is -2.18. The van der Waals surface area contributed by atoms with Crippen LogP contribution in [0.5, 0.6) is 23.0 Å². The highest BCUT2D eigenvalue weighted by Crippen LogP contribution is 2.32. The van der Waals surface area contributed by atoms with E-state index in [-0.39, 0.29) is 211 Å². The minimum absolute atomic E-state index is 0.00884. The third kappa shape index (κ3) is 47.5. The van der Waals surface area contributed by atoms with Gasteiger partial charge in [0.15, 0.2) is 0 Å². The molecule has 37 nitrogen and oxygen atoms in total. The lowest BCUT2D eigenvalue weighted by molar-refractivity contribution is -0.117. The van der Waals surface area contributed by atoms with Crippen molar-refractivity contribution in [1.82, 2.24) is 21.3 Å². The Morgan fingerprint density at radius 1 is 0.289 bits per heavy atom. The van der Waals surface area contributed by atoms with Gasteiger partial charge in [-0.1, -0.05) is 43.2 Å². The standard InChI is InChI=1S/C80H118N8O29S4/c1-98-16-21-103-26-31-108-36-41-113-68-13-11-61-54-64(68)76(93)81-14-48-120-118-46-6-8-72(89)85-60-10-12-69(114-42-37-109-32-27-104-22-17-99-2)65(53-60)78(95)83-58-75(92)88-63-51-59(80(97)117-45-40-112-35-30-107-25-20-102-5)50-62(52-63)87-73(90)9-7-47-119-121-49-15-82-77(94)66-55-67(79(96)84-57-74(91)86-61)71(116-44-39-111-34-29-106-24-19-101-4)56-70(66)115-43-38-110-33-28-105-23-18-100-3/h10-13,50-56H,6-9,14-49,57-58H2,1-5H3,(H,81,93)(H,82,94)(H,83,95)(H,84,96)(H,85,89)(H,86,91)(H,87,90)(H,88,92). The zero-order chi connectivity index (χ0) is 86.8. The average molecular weight is 1780 g/mol. The summed E-state index contributed by atoms with van der Waals surface area (Å²) in [7, 11) is 13.7. The highest BCUT2D eigenvalue weighted by molar-refractivity contribution is 8.77. The summed E-state index contributed by atoms with van der Waals surface area (Å²) in [6, 6.07) is 15.9. The molecule has 5 rings (SSSR count). The van der Waals surface area contributed by atoms with Crippen molar-refractivity contribution in [2.24, 2.45) is 0 Å². The van der Waals surface area contributed by atoms with E-state index in [4.69, 9.17) is 94.7 Å². The molecule has 41 heteroatoms. The number of hydrogen-bond acceptors (Lipinski definition) is 33. The molecular weight excluding hydrogens is 1670 g/mol. The fourth-order valence-corrected chi connectivity index (χ4v) is 14.1. The van der Waals surface area contributed by atoms with E-state index in [1.807, 2.05) is 0 Å². The molecule has 1 heterocycles. The van der Waals surface area contributed by atoms with Crippen molar-refractivity contribution in [3.8, 4) is 23.0 Å². The van der Waals surface area contributed by atoms with Gasteiger partial charge in [0.1, 0.15) is 56.0 Å². The van der Waals surface area contributed by atoms with E-state index in [1.54, 1.807) is 41.6 Å². The number of amides is 8. The lowest BCUT2D eigenvalue weighted by Crippen LogP contribution is -2.34. The van der Waals surface area contributed by atoms with Gasteiger partial charge in [-0.05, 0) is 73.5 Å². The summed E-state index contributed by atoms with van der Waals surface area (Å²) >= 11 is 0. The molecule has 0 fully saturated rings. The van der Waals surface area contributed by atoms with E-state index in [2.05, 4.69) is 42.5 Å². The molecule has 0 atom stereocenters. The Morgan fingerprint density at radius 2 is 0.579 bits per heavy atom. The molecule has 4 aromatic carbocycles. The maximum absolute atomic E-state index is 14.4. The van der Waals surface area contributed by atoms with Crippen molar-refractivity contribution in [1.29, 1.82) is 0 Å². The molecule has 676 valence electrons. The highest BCUT2D eigenvalue weighted by Gasteiger charge is 2.25. The molecular formula is C80H118N8O29S4. The average Bonchev–Trinajstić information content (AvgIpc) is 0.798. The molecule has 1 aliphatic heterocycles. The number of carbonyl (C=O) groups is 9. The van der Waals surface area contributed by atoms with E-state index in [1.165, 1.54) is 104 Å². The smallest absolute Gasteiger partial charge is 0.338 e. The van der Waals surface area contributed by atoms with Crippen LogP contribution in [0.25, 0.3) is 0 Å². The quantitative estimate of drug-likeness (QED) is 0.0146. The summed E-state index contributed by atoms with van der Waals surface area (Å²) in [6.45, 7) is 6.30. The number of rotatable bonds is 50. The van der Waals surface area contributed by atoms with Gasteiger partial charge in [-0.2, -0.15) is 0 Å². The van der Waals surface area contributed by atoms with Gasteiger partial charge in [-0.15, -0.1) is 0 Å². The Hall–Kier alpha value is -7.89. The van der Waals surface area contributed by atoms with Gasteiger partial charge in [-0.3, -0.25) is 38.4 Å². The number of fused-ring (bicyclic) bond motifs is 8. The van der Waals surface area contributed by atoms with Crippen LogP contribution < -0.4 is 61.5 Å². The van der Waals surface area contributed by atoms with Crippen LogP contribution in [0.15, 0.2) is 66.7 Å². The fraction of sp³-hybridized carbons (Fsp3) is 0.588. The minimum Gasteiger partial charge on any atom is -0.490 e. The van der Waals surface area contributed by atoms with Gasteiger partial charge in [0.05, 0.1) is 206 Å². The zero-order valence-corrected chi connectivity index (χ0v) is 72.8. The number of anilines is 4. The molecule has 0 aromatic heterocycles. The van der Waals surface area contributed by atoms with Crippen molar-refractivity contribution >= 4 is 119 Å². The molecule has 0 unspecified atom stereocenters. The van der Waals surface area contributed by atoms with Crippen LogP contribution in [-0.2, 0) is 95.0 Å². The number of hydrogen-bond donors (Lipinski definition) is 8. The van der Waals surface area contributed by atoms with Crippen molar-refractivity contribution in [3.05, 3.63) is 94.5 Å². The third-order valence-electron chi connectivity index (χ3n) is 15.9. The van der Waals surface area contributed by atoms with Crippen molar-refractivity contribution in [2.45, 2.75) is 25.7 Å². The van der Waals surface area contributed by atoms with E-state index in [9.17, 15) is 43.2 Å². The molecule has 8 amide bonds. The van der Waals surface area contributed by atoms with E-state index in [0.29, 0.717) is 128 Å². The van der Waals surface area contributed by atoms with Crippen LogP contribution in [0.2, 0.25) is 0 Å². The molecule has 121 heavy (non-hydrogen) atoms. The van der Waals surface area contributed by atoms with Gasteiger partial charge < -0.3 is 137 Å². The predicted octanol–water partition coefficient (Wildman–Crippen LogP) is 5.87. The molecule has 0 spiro atoms. The molecule has 1 aliphatic rings. The summed E-state index contributed by atoms with van der Waals surface area (Å²) in [5, 5.41) is 22.1. The topological polar surface area (TPSA) is 434 Å². The number of benzene rings is 4. The molecule has 4 aromatic rings. The van der Waals surface area contributed by atoms with E-state index < -0.39 is 60.4 Å². The Kier molecular flexibility index (Phi) is 57.9. The van der Waals surface area contributed by atoms with Crippen molar-refractivity contribution in [3.63, 3.8) is 0 Å². The predicted molar refractivity (Wildman–Crippen MR) is 458 cm³/mol. The summed E-state index contributed by atoms with van der Waals surface area (Å²) in [5.41, 5.74) is 0.540. The van der Waals surface area contributed by atoms with Crippen LogP contribution in [0.4, 0.5) is 22.7 Å². The molecule has 0 aliphatic carbocycles. The number of nitrogens with one attached hydrogen (secondary N) is 8. The van der Waals surface area contributed by atoms with E-state index >= 15 is 0 Å². The van der Waals surface area contributed by atoms with Gasteiger partial charge >= 0.3 is 5.97 Å². The van der Waals surface area contributed by atoms with Crippen molar-refractivity contribution < 1.29 is 138 Å². The lowest BCUT2D eigenvalue weighted by atomic mass is 10.1. The van der Waals surface area contributed by atoms with Gasteiger partial charge in [-0.25, -0.2) is 4.79 Å². The summed E-state index contributed by atoms with van der Waals surface area (Å²) in [6.07, 6.45) is 0.988. The number of esters is 1. The first-order chi connectivity index (χ1) is 59.2. The van der Waals surface area contributed by atoms with Crippen molar-refractivity contribution in [2.75, 3.05) is 304 Å². The second-order valence-corrected chi connectivity index (χ2v) is 30.7. The first-order valence-electron chi connectivity index (χ1n) is 39.5. The van der Waals surface area contributed by atoms with Crippen LogP contribution in [0.1, 0.15) is 77.5 Å². The van der Waals surface area contributed by atoms with Gasteiger partial charge in [0.2, 0.25) is 23.6 Å². The summed E-state index contributed by atoms with van der Waals surface area (Å²) < 4.78 is 111. The Morgan fingerprint density at radius 3 is 0.942 bits per heavy atom. The number of ether oxygens (including phenoxy) is 20. The highest BCUT2D eigenvalue weighted by atomic mass is 33.1. The van der Waals surface area contributed by atoms with Crippen LogP contribution in [-0.4, -0.2) is 336 Å². The second-order valence-electron chi connectivity index (χ2n) is 25.2. The monoisotopic (exact) mass is 1780 g/mol. The third-order valence-corrected chi connectivity index (χ3v) is 20.9. The first-order valence-corrected chi connectivity index (χ1v) is 44.5. The molecule has 8 N–H and O–H groups in total. The summed E-state index contributed by atoms with van der Waals surface area (Å²) in [5.74, 6) is -3.39. The van der Waals surface area contributed by atoms with Gasteiger partial charge in [0.25, 0.3) is 23.6 Å². The van der Waals surface area contributed by atoms with E-state index in [0.717, 1.165) is 0 Å². The number of methoxy groups -OCH3 is 5. The maximum Gasteiger partial charge on any atom is 0.338 e. The second kappa shape index (κ2) is 67.6. The largest absolute Gasteiger partial charge is 0.490 e. The molecule has 0 saturated carbocycles. The Labute approximate surface area is 721 Å². The Bertz CT molecular complexity index is 3660. The van der Waals surface area contributed by atoms with Crippen LogP contribution in [0, 0.1) is 0 Å². The Balaban J connectivity index is 1.40. The minimum atomic E-state index is -0.799. The maximum atomic E-state index is 14.4. The van der Waals surface area contributed by atoms with Crippen LogP contribution >= 0.6 is 43.2 Å². The van der Waals surface area contributed by atoms with Gasteiger partial charge in [0, 0.05) is 113 Å². The molecule has 0 radical (unpaired) electrons. The normalized spacial score (nSPS) is 14.5. The zero-order valence-electron chi connectivity index (χ0n) is 69.5. The summed E-state index contributed by atoms with van der Waals surface area (Å²) in [4.78, 5) is 125. The fourth-order valence-electron chi connectivity index (χ4n) is 10.1. The molecule has 0 saturated heterocycles.